The van der Waals surface area contributed by atoms with Crippen LogP contribution in [0.1, 0.15) is 27.2 Å². The summed E-state index contributed by atoms with van der Waals surface area (Å²) in [6, 6.07) is -1.28. The minimum Gasteiger partial charge on any atom is -0.481 e. The average Bonchev–Trinajstić information content (AvgIpc) is 3.01. The Morgan fingerprint density at radius 3 is 2.16 bits per heavy atom. The second kappa shape index (κ2) is 6.38. The van der Waals surface area contributed by atoms with Gasteiger partial charge in [0.1, 0.15) is 0 Å². The number of rotatable bonds is 2. The molecule has 0 aliphatic carbocycles. The van der Waals surface area contributed by atoms with Crippen molar-refractivity contribution in [2.45, 2.75) is 44.9 Å². The van der Waals surface area contributed by atoms with Crippen molar-refractivity contribution in [1.29, 1.82) is 0 Å². The predicted molar refractivity (Wildman–Crippen MR) is 80.6 cm³/mol. The summed E-state index contributed by atoms with van der Waals surface area (Å²) >= 11 is 0. The number of likely N-dealkylation sites (tertiary alicyclic amines) is 2. The van der Waals surface area contributed by atoms with Gasteiger partial charge in [0.05, 0.1) is 17.9 Å². The van der Waals surface area contributed by atoms with Crippen LogP contribution in [-0.2, 0) is 9.59 Å². The third-order valence-electron chi connectivity index (χ3n) is 4.61. The first-order valence-electron chi connectivity index (χ1n) is 7.96. The van der Waals surface area contributed by atoms with Crippen molar-refractivity contribution in [3.63, 3.8) is 0 Å². The van der Waals surface area contributed by atoms with E-state index in [-0.39, 0.29) is 18.9 Å². The summed E-state index contributed by atoms with van der Waals surface area (Å²) in [6.07, 6.45) is -4.62. The third kappa shape index (κ3) is 4.16. The molecule has 1 unspecified atom stereocenters. The molecule has 0 bridgehead atoms. The van der Waals surface area contributed by atoms with E-state index in [1.54, 1.807) is 4.90 Å². The molecule has 25 heavy (non-hydrogen) atoms. The number of nitrogens with zero attached hydrogens (tertiary/aromatic N) is 2. The smallest absolute Gasteiger partial charge is 0.394 e. The van der Waals surface area contributed by atoms with Crippen LogP contribution in [0.4, 0.5) is 18.0 Å². The zero-order valence-corrected chi connectivity index (χ0v) is 14.3. The summed E-state index contributed by atoms with van der Waals surface area (Å²) in [5.74, 6) is -5.49. The van der Waals surface area contributed by atoms with Crippen LogP contribution in [0.25, 0.3) is 0 Å². The minimum atomic E-state index is -4.69. The van der Waals surface area contributed by atoms with Crippen molar-refractivity contribution in [2.24, 2.45) is 11.8 Å². The zero-order valence-electron chi connectivity index (χ0n) is 14.3. The largest absolute Gasteiger partial charge is 0.481 e. The minimum absolute atomic E-state index is 0.0713. The highest BCUT2D eigenvalue weighted by atomic mass is 19.4. The van der Waals surface area contributed by atoms with Gasteiger partial charge >= 0.3 is 18.2 Å². The Hall–Kier alpha value is -2.00. The van der Waals surface area contributed by atoms with E-state index in [1.807, 2.05) is 20.8 Å². The van der Waals surface area contributed by atoms with Gasteiger partial charge in [0.2, 0.25) is 5.91 Å². The number of hydrogen-bond acceptors (Lipinski definition) is 3. The highest BCUT2D eigenvalue weighted by molar-refractivity contribution is 5.83. The molecule has 3 amide bonds. The molecular weight excluding hydrogens is 343 g/mol. The number of aliphatic carboxylic acids is 1. The van der Waals surface area contributed by atoms with Crippen LogP contribution in [0.5, 0.6) is 0 Å². The predicted octanol–water partition coefficient (Wildman–Crippen LogP) is 1.29. The van der Waals surface area contributed by atoms with E-state index in [9.17, 15) is 27.6 Å². The summed E-state index contributed by atoms with van der Waals surface area (Å²) in [6.45, 7) is 4.61. The van der Waals surface area contributed by atoms with Crippen molar-refractivity contribution in [1.82, 2.24) is 15.1 Å². The summed E-state index contributed by atoms with van der Waals surface area (Å²) in [5.41, 5.74) is -0.417. The SMILES string of the molecule is CC(C)(C)N1CC(NC(=O)N2C[C@@H](C(F)(F)F)[C@H](C(=O)O)C2)CC1=O. The van der Waals surface area contributed by atoms with Gasteiger partial charge in [-0.1, -0.05) is 0 Å². The molecule has 142 valence electrons. The van der Waals surface area contributed by atoms with E-state index in [0.29, 0.717) is 0 Å². The molecule has 2 fully saturated rings. The van der Waals surface area contributed by atoms with Gasteiger partial charge in [-0.15, -0.1) is 0 Å². The van der Waals surface area contributed by atoms with Crippen LogP contribution >= 0.6 is 0 Å². The second-order valence-electron chi connectivity index (χ2n) is 7.52. The van der Waals surface area contributed by atoms with Crippen LogP contribution in [0, 0.1) is 11.8 Å². The quantitative estimate of drug-likeness (QED) is 0.772. The molecule has 7 nitrogen and oxygen atoms in total. The van der Waals surface area contributed by atoms with Crippen LogP contribution in [-0.4, -0.2) is 70.2 Å². The van der Waals surface area contributed by atoms with Crippen LogP contribution < -0.4 is 5.32 Å². The first-order chi connectivity index (χ1) is 11.3. The van der Waals surface area contributed by atoms with Crippen molar-refractivity contribution in [3.05, 3.63) is 0 Å². The number of halogens is 3. The van der Waals surface area contributed by atoms with Crippen LogP contribution in [0.3, 0.4) is 0 Å². The fourth-order valence-corrected chi connectivity index (χ4v) is 3.27. The maximum atomic E-state index is 13.0. The van der Waals surface area contributed by atoms with Crippen molar-refractivity contribution >= 4 is 17.9 Å². The highest BCUT2D eigenvalue weighted by Gasteiger charge is 2.53. The molecule has 2 aliphatic heterocycles. The molecule has 0 saturated carbocycles. The molecule has 2 aliphatic rings. The Balaban J connectivity index is 2.00. The van der Waals surface area contributed by atoms with Gasteiger partial charge < -0.3 is 20.2 Å². The summed E-state index contributed by atoms with van der Waals surface area (Å²) in [5, 5.41) is 11.5. The molecule has 0 spiro atoms. The van der Waals surface area contributed by atoms with Crippen LogP contribution in [0.15, 0.2) is 0 Å². The van der Waals surface area contributed by atoms with Crippen molar-refractivity contribution < 1.29 is 32.7 Å². The molecule has 2 heterocycles. The van der Waals surface area contributed by atoms with Crippen molar-refractivity contribution in [3.8, 4) is 0 Å². The lowest BCUT2D eigenvalue weighted by Crippen LogP contribution is -2.47. The summed E-state index contributed by atoms with van der Waals surface area (Å²) < 4.78 is 38.9. The van der Waals surface area contributed by atoms with E-state index in [4.69, 9.17) is 5.11 Å². The van der Waals surface area contributed by atoms with E-state index in [1.165, 1.54) is 0 Å². The lowest BCUT2D eigenvalue weighted by molar-refractivity contribution is -0.187. The Bertz CT molecular complexity index is 573. The lowest BCUT2D eigenvalue weighted by atomic mass is 9.96. The number of amides is 3. The Kier molecular flexibility index (Phi) is 4.93. The Morgan fingerprint density at radius 1 is 1.16 bits per heavy atom. The van der Waals surface area contributed by atoms with E-state index >= 15 is 0 Å². The molecule has 10 heteroatoms. The number of urea groups is 1. The topological polar surface area (TPSA) is 90.0 Å². The fourth-order valence-electron chi connectivity index (χ4n) is 3.27. The Labute approximate surface area is 143 Å². The number of hydrogen-bond donors (Lipinski definition) is 2. The van der Waals surface area contributed by atoms with Gasteiger partial charge in [-0.2, -0.15) is 13.2 Å². The van der Waals surface area contributed by atoms with E-state index in [2.05, 4.69) is 5.32 Å². The number of carboxylic acids is 1. The van der Waals surface area contributed by atoms with Gasteiger partial charge in [-0.25, -0.2) is 4.79 Å². The standard InChI is InChI=1S/C15H22F3N3O4/c1-14(2,3)21-5-8(4-11(21)22)19-13(25)20-6-9(12(23)24)10(7-20)15(16,17)18/h8-10H,4-7H2,1-3H3,(H,19,25)(H,23,24)/t8?,9-,10-/m1/s1. The normalized spacial score (nSPS) is 27.8. The maximum Gasteiger partial charge on any atom is 0.394 e. The van der Waals surface area contributed by atoms with Gasteiger partial charge in [-0.3, -0.25) is 9.59 Å². The Morgan fingerprint density at radius 2 is 1.76 bits per heavy atom. The average molecular weight is 365 g/mol. The van der Waals surface area contributed by atoms with Gasteiger partial charge in [-0.05, 0) is 20.8 Å². The molecule has 0 aromatic heterocycles. The fraction of sp³-hybridized carbons (Fsp3) is 0.800. The number of carbonyl (C=O) groups is 3. The highest BCUT2D eigenvalue weighted by Crippen LogP contribution is 2.37. The molecule has 2 saturated heterocycles. The van der Waals surface area contributed by atoms with Gasteiger partial charge in [0.25, 0.3) is 0 Å². The second-order valence-corrected chi connectivity index (χ2v) is 7.52. The molecule has 2 rings (SSSR count). The molecule has 3 atom stereocenters. The summed E-state index contributed by atoms with van der Waals surface area (Å²) in [7, 11) is 0. The van der Waals surface area contributed by atoms with E-state index in [0.717, 1.165) is 4.90 Å². The lowest BCUT2D eigenvalue weighted by Gasteiger charge is -2.32. The van der Waals surface area contributed by atoms with E-state index < -0.39 is 54.7 Å². The molecule has 0 radical (unpaired) electrons. The maximum absolute atomic E-state index is 13.0. The van der Waals surface area contributed by atoms with Crippen LogP contribution in [0.2, 0.25) is 0 Å². The number of carboxylic acid groups (broad SMARTS) is 1. The molecular formula is C15H22F3N3O4. The summed E-state index contributed by atoms with van der Waals surface area (Å²) in [4.78, 5) is 37.7. The molecule has 0 aromatic rings. The first kappa shape index (κ1) is 19.3. The first-order valence-corrected chi connectivity index (χ1v) is 7.96. The zero-order chi connectivity index (χ0) is 19.2. The molecule has 2 N–H and O–H groups in total. The molecule has 0 aromatic carbocycles. The monoisotopic (exact) mass is 365 g/mol. The number of carbonyl (C=O) groups excluding carboxylic acids is 2. The number of alkyl halides is 3. The number of nitrogens with one attached hydrogen (secondary N) is 1. The van der Waals surface area contributed by atoms with Gasteiger partial charge in [0.15, 0.2) is 0 Å². The third-order valence-corrected chi connectivity index (χ3v) is 4.61. The van der Waals surface area contributed by atoms with Crippen molar-refractivity contribution in [2.75, 3.05) is 19.6 Å². The van der Waals surface area contributed by atoms with Gasteiger partial charge in [0, 0.05) is 31.6 Å².